The standard InChI is InChI=1S/C51H80N2O3/c1-8-9-10-11-12-13-14-15-16-17-18-19-20-21-22-23-24-27-44(55)52-37-38-53-46(56)51-32-25-26-39(2)45(51)40-28-29-42-48(5)33-31-43(54)47(3,4)41(48)30-34-50(42,7)49(40,6)35-36-51/h9-10,12-13,15-16,18-19,21-22,28,39,41-43,45,54H,8,11,14,17,20,23-27,29-38H2,1-7H3,(H,52,55)(H,53,56)/b10-9-,13-12-,16-15-,19-18-,22-21-/t39-,41?,42?,43-,45?,48-,49+,50+,51-/m0/s1. The van der Waals surface area contributed by atoms with Gasteiger partial charge in [-0.1, -0.05) is 134 Å². The summed E-state index contributed by atoms with van der Waals surface area (Å²) in [6, 6.07) is 0. The Kier molecular flexibility index (Phi) is 15.4. The van der Waals surface area contributed by atoms with Crippen LogP contribution in [0.15, 0.2) is 72.4 Å². The van der Waals surface area contributed by atoms with Crippen molar-refractivity contribution in [3.05, 3.63) is 72.4 Å². The van der Waals surface area contributed by atoms with Gasteiger partial charge >= 0.3 is 0 Å². The molecule has 56 heavy (non-hydrogen) atoms. The zero-order valence-electron chi connectivity index (χ0n) is 36.6. The maximum Gasteiger partial charge on any atom is 0.226 e. The fraction of sp³-hybridized carbons (Fsp3) is 0.725. The van der Waals surface area contributed by atoms with Crippen LogP contribution in [0.2, 0.25) is 0 Å². The highest BCUT2D eigenvalue weighted by Crippen LogP contribution is 2.75. The van der Waals surface area contributed by atoms with E-state index in [9.17, 15) is 14.7 Å². The van der Waals surface area contributed by atoms with Gasteiger partial charge in [0.1, 0.15) is 0 Å². The number of hydrogen-bond acceptors (Lipinski definition) is 3. The molecular formula is C51H80N2O3. The third-order valence-corrected chi connectivity index (χ3v) is 16.5. The van der Waals surface area contributed by atoms with Crippen LogP contribution in [0, 0.1) is 50.7 Å². The van der Waals surface area contributed by atoms with E-state index in [2.05, 4.69) is 126 Å². The number of allylic oxidation sites excluding steroid dienone is 12. The number of aliphatic hydroxyl groups excluding tert-OH is 1. The maximum atomic E-state index is 14.4. The number of carbonyl (C=O) groups is 2. The van der Waals surface area contributed by atoms with Crippen LogP contribution in [0.4, 0.5) is 0 Å². The Bertz CT molecular complexity index is 1520. The molecule has 0 spiro atoms. The van der Waals surface area contributed by atoms with Gasteiger partial charge < -0.3 is 15.7 Å². The molecular weight excluding hydrogens is 689 g/mol. The summed E-state index contributed by atoms with van der Waals surface area (Å²) in [5, 5.41) is 17.5. The number of rotatable bonds is 17. The molecule has 5 rings (SSSR count). The van der Waals surface area contributed by atoms with Crippen LogP contribution >= 0.6 is 0 Å². The first-order valence-electron chi connectivity index (χ1n) is 23.0. The smallest absolute Gasteiger partial charge is 0.226 e. The van der Waals surface area contributed by atoms with Crippen LogP contribution in [0.5, 0.6) is 0 Å². The second kappa shape index (κ2) is 19.4. The predicted molar refractivity (Wildman–Crippen MR) is 235 cm³/mol. The number of fused-ring (bicyclic) bond motifs is 7. The summed E-state index contributed by atoms with van der Waals surface area (Å²) in [4.78, 5) is 27.0. The van der Waals surface area contributed by atoms with Gasteiger partial charge in [0, 0.05) is 19.5 Å². The van der Waals surface area contributed by atoms with E-state index in [0.717, 1.165) is 89.9 Å². The molecule has 5 heteroatoms. The van der Waals surface area contributed by atoms with Crippen LogP contribution in [-0.4, -0.2) is 36.1 Å². The van der Waals surface area contributed by atoms with Gasteiger partial charge in [-0.05, 0) is 142 Å². The number of amides is 2. The van der Waals surface area contributed by atoms with Gasteiger partial charge in [0.2, 0.25) is 11.8 Å². The van der Waals surface area contributed by atoms with E-state index in [4.69, 9.17) is 0 Å². The van der Waals surface area contributed by atoms with E-state index < -0.39 is 0 Å². The molecule has 5 aliphatic carbocycles. The molecule has 5 aliphatic rings. The minimum Gasteiger partial charge on any atom is -0.393 e. The lowest BCUT2D eigenvalue weighted by molar-refractivity contribution is -0.203. The van der Waals surface area contributed by atoms with Gasteiger partial charge in [0.05, 0.1) is 11.5 Å². The maximum absolute atomic E-state index is 14.4. The highest BCUT2D eigenvalue weighted by atomic mass is 16.3. The minimum atomic E-state index is -0.352. The molecule has 5 nitrogen and oxygen atoms in total. The molecule has 0 radical (unpaired) electrons. The summed E-state index contributed by atoms with van der Waals surface area (Å²) in [6.07, 6.45) is 42.6. The van der Waals surface area contributed by atoms with E-state index >= 15 is 0 Å². The van der Waals surface area contributed by atoms with Crippen molar-refractivity contribution in [2.45, 2.75) is 170 Å². The topological polar surface area (TPSA) is 78.4 Å². The van der Waals surface area contributed by atoms with Crippen LogP contribution in [0.3, 0.4) is 0 Å². The largest absolute Gasteiger partial charge is 0.393 e. The SMILES string of the molecule is CC/C=C\C/C=C\C/C=C\C/C=C\C/C=C\CCCC(=O)NCCNC(=O)[C@]12CCC[C@H](C)C1C1=CCC3[C@@]4(C)CC[C@H](O)C(C)(C)C4CC[C@@]3(C)[C@]1(C)CC2. The van der Waals surface area contributed by atoms with E-state index in [1.807, 2.05) is 0 Å². The highest BCUT2D eigenvalue weighted by molar-refractivity contribution is 5.84. The van der Waals surface area contributed by atoms with Crippen molar-refractivity contribution < 1.29 is 14.7 Å². The summed E-state index contributed by atoms with van der Waals surface area (Å²) < 4.78 is 0. The van der Waals surface area contributed by atoms with Crippen molar-refractivity contribution in [3.8, 4) is 0 Å². The number of hydrogen-bond donors (Lipinski definition) is 3. The third-order valence-electron chi connectivity index (χ3n) is 16.5. The molecule has 0 aromatic carbocycles. The summed E-state index contributed by atoms with van der Waals surface area (Å²) >= 11 is 0. The second-order valence-electron chi connectivity index (χ2n) is 19.9. The Hall–Kier alpha value is -2.66. The Morgan fingerprint density at radius 3 is 2.04 bits per heavy atom. The van der Waals surface area contributed by atoms with Crippen molar-refractivity contribution >= 4 is 11.8 Å². The third kappa shape index (κ3) is 9.14. The Morgan fingerprint density at radius 1 is 0.750 bits per heavy atom. The quantitative estimate of drug-likeness (QED) is 0.102. The molecule has 4 saturated carbocycles. The molecule has 0 heterocycles. The number of unbranched alkanes of at least 4 members (excludes halogenated alkanes) is 1. The molecule has 0 aliphatic heterocycles. The molecule has 3 unspecified atom stereocenters. The van der Waals surface area contributed by atoms with Crippen LogP contribution in [-0.2, 0) is 9.59 Å². The fourth-order valence-corrected chi connectivity index (χ4v) is 13.2. The Labute approximate surface area is 342 Å². The zero-order chi connectivity index (χ0) is 40.5. The lowest BCUT2D eigenvalue weighted by atomic mass is 9.33. The van der Waals surface area contributed by atoms with Gasteiger partial charge in [-0.2, -0.15) is 0 Å². The summed E-state index contributed by atoms with van der Waals surface area (Å²) in [7, 11) is 0. The van der Waals surface area contributed by atoms with Gasteiger partial charge in [-0.3, -0.25) is 9.59 Å². The van der Waals surface area contributed by atoms with E-state index in [-0.39, 0.29) is 50.9 Å². The molecule has 0 aromatic heterocycles. The van der Waals surface area contributed by atoms with Crippen molar-refractivity contribution in [2.75, 3.05) is 13.1 Å². The Morgan fingerprint density at radius 2 is 1.38 bits per heavy atom. The van der Waals surface area contributed by atoms with Gasteiger partial charge in [-0.15, -0.1) is 0 Å². The van der Waals surface area contributed by atoms with E-state index in [0.29, 0.717) is 37.3 Å². The second-order valence-corrected chi connectivity index (χ2v) is 19.9. The van der Waals surface area contributed by atoms with Gasteiger partial charge in [-0.25, -0.2) is 0 Å². The molecule has 312 valence electrons. The highest BCUT2D eigenvalue weighted by Gasteiger charge is 2.69. The lowest BCUT2D eigenvalue weighted by Gasteiger charge is -2.71. The molecule has 0 aromatic rings. The summed E-state index contributed by atoms with van der Waals surface area (Å²) in [6.45, 7) is 18.0. The van der Waals surface area contributed by atoms with Crippen LogP contribution in [0.1, 0.15) is 164 Å². The molecule has 2 amide bonds. The van der Waals surface area contributed by atoms with Gasteiger partial charge in [0.15, 0.2) is 0 Å². The van der Waals surface area contributed by atoms with Crippen molar-refractivity contribution in [2.24, 2.45) is 50.7 Å². The monoisotopic (exact) mass is 769 g/mol. The molecule has 0 bridgehead atoms. The molecule has 3 N–H and O–H groups in total. The van der Waals surface area contributed by atoms with Crippen molar-refractivity contribution in [1.29, 1.82) is 0 Å². The van der Waals surface area contributed by atoms with E-state index in [1.54, 1.807) is 5.57 Å². The van der Waals surface area contributed by atoms with Crippen molar-refractivity contribution in [1.82, 2.24) is 10.6 Å². The predicted octanol–water partition coefficient (Wildman–Crippen LogP) is 11.9. The van der Waals surface area contributed by atoms with E-state index in [1.165, 1.54) is 19.3 Å². The van der Waals surface area contributed by atoms with Gasteiger partial charge in [0.25, 0.3) is 0 Å². The number of aliphatic hydroxyl groups is 1. The minimum absolute atomic E-state index is 0.0483. The Balaban J connectivity index is 1.06. The number of carbonyl (C=O) groups excluding carboxylic acids is 2. The fourth-order valence-electron chi connectivity index (χ4n) is 13.2. The van der Waals surface area contributed by atoms with Crippen molar-refractivity contribution in [3.63, 3.8) is 0 Å². The molecule has 4 fully saturated rings. The average Bonchev–Trinajstić information content (AvgIpc) is 3.16. The summed E-state index contributed by atoms with van der Waals surface area (Å²) in [5.74, 6) is 2.20. The first-order chi connectivity index (χ1) is 26.8. The summed E-state index contributed by atoms with van der Waals surface area (Å²) in [5.41, 5.74) is 1.71. The molecule has 0 saturated heterocycles. The molecule has 9 atom stereocenters. The number of nitrogens with one attached hydrogen (secondary N) is 2. The first-order valence-corrected chi connectivity index (χ1v) is 23.0. The first kappa shape index (κ1) is 44.4. The van der Waals surface area contributed by atoms with Crippen LogP contribution in [0.25, 0.3) is 0 Å². The van der Waals surface area contributed by atoms with Crippen LogP contribution < -0.4 is 10.6 Å². The lowest BCUT2D eigenvalue weighted by Crippen LogP contribution is -2.65. The average molecular weight is 769 g/mol. The normalized spacial score (nSPS) is 36.7. The zero-order valence-corrected chi connectivity index (χ0v) is 36.6.